The number of ketones is 1. The minimum absolute atomic E-state index is 0.000324. The average Bonchev–Trinajstić information content (AvgIpc) is 2.10. The first-order valence-corrected chi connectivity index (χ1v) is 4.94. The van der Waals surface area contributed by atoms with E-state index in [1.165, 1.54) is 11.9 Å². The van der Waals surface area contributed by atoms with Crippen LogP contribution in [0.5, 0.6) is 0 Å². The largest absolute Gasteiger partial charge is 0.444 e. The molecule has 0 aliphatic rings. The topological polar surface area (TPSA) is 46.6 Å². The average molecular weight is 231 g/mol. The fourth-order valence-electron chi connectivity index (χ4n) is 0.775. The summed E-state index contributed by atoms with van der Waals surface area (Å²) in [6.07, 6.45) is 0.492. The van der Waals surface area contributed by atoms with E-state index >= 15 is 0 Å². The number of carbonyl (C=O) groups excluding carboxylic acids is 2. The predicted octanol–water partition coefficient (Wildman–Crippen LogP) is 2.30. The molecule has 0 fully saturated rings. The molecular formula is C11H18FNO3. The molecule has 0 radical (unpaired) electrons. The van der Waals surface area contributed by atoms with Crippen molar-refractivity contribution in [1.29, 1.82) is 0 Å². The highest BCUT2D eigenvalue weighted by Gasteiger charge is 2.19. The molecule has 0 aliphatic heterocycles. The summed E-state index contributed by atoms with van der Waals surface area (Å²) in [5.41, 5.74) is -0.589. The van der Waals surface area contributed by atoms with Gasteiger partial charge in [-0.3, -0.25) is 4.79 Å². The van der Waals surface area contributed by atoms with E-state index in [2.05, 4.69) is 0 Å². The van der Waals surface area contributed by atoms with Crippen LogP contribution in [-0.4, -0.2) is 36.0 Å². The molecule has 0 saturated heterocycles. The lowest BCUT2D eigenvalue weighted by Gasteiger charge is -2.23. The maximum atomic E-state index is 12.8. The lowest BCUT2D eigenvalue weighted by Crippen LogP contribution is -2.34. The highest BCUT2D eigenvalue weighted by molar-refractivity contribution is 5.90. The molecule has 4 nitrogen and oxygen atoms in total. The van der Waals surface area contributed by atoms with E-state index in [1.54, 1.807) is 20.8 Å². The van der Waals surface area contributed by atoms with E-state index in [4.69, 9.17) is 4.74 Å². The molecule has 0 unspecified atom stereocenters. The third-order valence-electron chi connectivity index (χ3n) is 1.59. The van der Waals surface area contributed by atoms with Crippen LogP contribution in [0.3, 0.4) is 0 Å². The minimum Gasteiger partial charge on any atom is -0.444 e. The van der Waals surface area contributed by atoms with Gasteiger partial charge in [-0.25, -0.2) is 9.18 Å². The molecule has 0 saturated carbocycles. The molecule has 0 atom stereocenters. The van der Waals surface area contributed by atoms with Crippen LogP contribution in [-0.2, 0) is 9.53 Å². The summed E-state index contributed by atoms with van der Waals surface area (Å²) in [4.78, 5) is 23.2. The molecule has 0 aromatic heterocycles. The van der Waals surface area contributed by atoms with Crippen LogP contribution in [0.15, 0.2) is 11.9 Å². The Kier molecular flexibility index (Phi) is 5.14. The fourth-order valence-corrected chi connectivity index (χ4v) is 0.775. The number of likely N-dealkylation sites (N-methyl/N-ethyl adjacent to an activating group) is 1. The van der Waals surface area contributed by atoms with Gasteiger partial charge in [-0.15, -0.1) is 0 Å². The van der Waals surface area contributed by atoms with Gasteiger partial charge in [-0.1, -0.05) is 0 Å². The number of carbonyl (C=O) groups is 2. The molecule has 0 aromatic rings. The Bertz CT molecular complexity index is 305. The molecule has 16 heavy (non-hydrogen) atoms. The summed E-state index contributed by atoms with van der Waals surface area (Å²) in [5, 5.41) is 0. The number of hydrogen-bond donors (Lipinski definition) is 0. The first-order chi connectivity index (χ1) is 7.13. The number of allylic oxidation sites excluding steroid dienone is 1. The molecule has 0 aliphatic carbocycles. The Morgan fingerprint density at radius 3 is 2.25 bits per heavy atom. The van der Waals surface area contributed by atoms with Gasteiger partial charge in [0.25, 0.3) is 0 Å². The van der Waals surface area contributed by atoms with Crippen molar-refractivity contribution >= 4 is 11.9 Å². The van der Waals surface area contributed by atoms with Gasteiger partial charge < -0.3 is 9.64 Å². The summed E-state index contributed by atoms with van der Waals surface area (Å²) in [6, 6.07) is 0. The highest BCUT2D eigenvalue weighted by Crippen LogP contribution is 2.09. The molecule has 0 N–H and O–H groups in total. The van der Waals surface area contributed by atoms with Gasteiger partial charge in [-0.2, -0.15) is 0 Å². The van der Waals surface area contributed by atoms with Crippen LogP contribution in [0.25, 0.3) is 0 Å². The Hall–Kier alpha value is -1.39. The summed E-state index contributed by atoms with van der Waals surface area (Å²) < 4.78 is 17.9. The molecule has 0 aromatic carbocycles. The van der Waals surface area contributed by atoms with E-state index < -0.39 is 23.3 Å². The van der Waals surface area contributed by atoms with Gasteiger partial charge in [0.1, 0.15) is 5.60 Å². The molecule has 0 spiro atoms. The predicted molar refractivity (Wildman–Crippen MR) is 58.7 cm³/mol. The van der Waals surface area contributed by atoms with Crippen LogP contribution in [0.1, 0.15) is 27.7 Å². The van der Waals surface area contributed by atoms with Crippen molar-refractivity contribution < 1.29 is 18.7 Å². The summed E-state index contributed by atoms with van der Waals surface area (Å²) >= 11 is 0. The third kappa shape index (κ3) is 6.16. The number of ether oxygens (including phenoxy) is 1. The van der Waals surface area contributed by atoms with E-state index in [0.717, 1.165) is 13.0 Å². The SMILES string of the molecule is CC(=O)/C(F)=C/CN(C)C(=O)OC(C)(C)C. The van der Waals surface area contributed by atoms with Gasteiger partial charge in [0, 0.05) is 20.5 Å². The number of rotatable bonds is 3. The van der Waals surface area contributed by atoms with Gasteiger partial charge in [0.05, 0.1) is 0 Å². The van der Waals surface area contributed by atoms with E-state index in [9.17, 15) is 14.0 Å². The summed E-state index contributed by atoms with van der Waals surface area (Å²) in [7, 11) is 1.47. The maximum Gasteiger partial charge on any atom is 0.410 e. The first-order valence-electron chi connectivity index (χ1n) is 4.94. The molecule has 5 heteroatoms. The van der Waals surface area contributed by atoms with Crippen molar-refractivity contribution in [3.05, 3.63) is 11.9 Å². The van der Waals surface area contributed by atoms with Crippen LogP contribution in [0.4, 0.5) is 9.18 Å². The van der Waals surface area contributed by atoms with Crippen LogP contribution < -0.4 is 0 Å². The minimum atomic E-state index is -0.851. The van der Waals surface area contributed by atoms with Crippen molar-refractivity contribution in [3.8, 4) is 0 Å². The standard InChI is InChI=1S/C11H18FNO3/c1-8(14)9(12)6-7-13(5)10(15)16-11(2,3)4/h6H,7H2,1-5H3/b9-6-. The van der Waals surface area contributed by atoms with E-state index in [1.807, 2.05) is 0 Å². The second-order valence-electron chi connectivity index (χ2n) is 4.47. The van der Waals surface area contributed by atoms with Crippen molar-refractivity contribution in [1.82, 2.24) is 4.90 Å². The van der Waals surface area contributed by atoms with Gasteiger partial charge >= 0.3 is 6.09 Å². The van der Waals surface area contributed by atoms with Crippen LogP contribution in [0.2, 0.25) is 0 Å². The number of hydrogen-bond acceptors (Lipinski definition) is 3. The Balaban J connectivity index is 4.27. The zero-order chi connectivity index (χ0) is 12.9. The van der Waals surface area contributed by atoms with Gasteiger partial charge in [-0.05, 0) is 26.8 Å². The number of Topliss-reactive ketones (excluding diaryl/α,β-unsaturated/α-hetero) is 1. The third-order valence-corrected chi connectivity index (χ3v) is 1.59. The smallest absolute Gasteiger partial charge is 0.410 e. The molecule has 0 bridgehead atoms. The van der Waals surface area contributed by atoms with E-state index in [0.29, 0.717) is 0 Å². The molecule has 1 amide bonds. The highest BCUT2D eigenvalue weighted by atomic mass is 19.1. The zero-order valence-corrected chi connectivity index (χ0v) is 10.3. The number of amides is 1. The van der Waals surface area contributed by atoms with Crippen molar-refractivity contribution in [3.63, 3.8) is 0 Å². The second kappa shape index (κ2) is 5.63. The monoisotopic (exact) mass is 231 g/mol. The lowest BCUT2D eigenvalue weighted by molar-refractivity contribution is -0.114. The lowest BCUT2D eigenvalue weighted by atomic mass is 10.2. The molecule has 92 valence electrons. The van der Waals surface area contributed by atoms with Crippen molar-refractivity contribution in [2.45, 2.75) is 33.3 Å². The Labute approximate surface area is 95.1 Å². The maximum absolute atomic E-state index is 12.8. The zero-order valence-electron chi connectivity index (χ0n) is 10.3. The number of halogens is 1. The Morgan fingerprint density at radius 2 is 1.88 bits per heavy atom. The molecular weight excluding hydrogens is 213 g/mol. The Morgan fingerprint density at radius 1 is 1.38 bits per heavy atom. The van der Waals surface area contributed by atoms with Crippen LogP contribution in [0, 0.1) is 0 Å². The second-order valence-corrected chi connectivity index (χ2v) is 4.47. The summed E-state index contributed by atoms with van der Waals surface area (Å²) in [5.74, 6) is -1.51. The van der Waals surface area contributed by atoms with Crippen molar-refractivity contribution in [2.24, 2.45) is 0 Å². The quantitative estimate of drug-likeness (QED) is 0.700. The molecule has 0 heterocycles. The van der Waals surface area contributed by atoms with Gasteiger partial charge in [0.15, 0.2) is 11.6 Å². The van der Waals surface area contributed by atoms with Crippen molar-refractivity contribution in [2.75, 3.05) is 13.6 Å². The normalized spacial score (nSPS) is 12.2. The first kappa shape index (κ1) is 14.6. The van der Waals surface area contributed by atoms with Gasteiger partial charge in [0.2, 0.25) is 0 Å². The summed E-state index contributed by atoms with van der Waals surface area (Å²) in [6.45, 7) is 6.35. The fraction of sp³-hybridized carbons (Fsp3) is 0.636. The van der Waals surface area contributed by atoms with E-state index in [-0.39, 0.29) is 6.54 Å². The number of nitrogens with zero attached hydrogens (tertiary/aromatic N) is 1. The molecule has 0 rings (SSSR count). The van der Waals surface area contributed by atoms with Crippen LogP contribution >= 0.6 is 0 Å².